The van der Waals surface area contributed by atoms with E-state index in [-0.39, 0.29) is 5.95 Å². The van der Waals surface area contributed by atoms with Gasteiger partial charge in [0.15, 0.2) is 0 Å². The van der Waals surface area contributed by atoms with Crippen molar-refractivity contribution in [1.29, 1.82) is 0 Å². The lowest BCUT2D eigenvalue weighted by molar-refractivity contribution is 0.0421. The molecule has 0 bridgehead atoms. The second-order valence-electron chi connectivity index (χ2n) is 6.77. The van der Waals surface area contributed by atoms with Gasteiger partial charge in [-0.25, -0.2) is 20.0 Å². The summed E-state index contributed by atoms with van der Waals surface area (Å²) in [7, 11) is 1.69. The Kier molecular flexibility index (Phi) is 5.05. The molecule has 22 heavy (non-hydrogen) atoms. The lowest BCUT2D eigenvalue weighted by atomic mass is 10.2. The second kappa shape index (κ2) is 6.25. The highest BCUT2D eigenvalue weighted by molar-refractivity contribution is 5.88. The van der Waals surface area contributed by atoms with Crippen LogP contribution in [0.1, 0.15) is 41.5 Å². The van der Waals surface area contributed by atoms with Gasteiger partial charge in [-0.1, -0.05) is 0 Å². The SMILES string of the molecule is Cn1ccnc1N(NC(=O)OC(C)(C)C)C(=O)OC(C)(C)C. The number of hydrazine groups is 1. The largest absolute Gasteiger partial charge is 0.443 e. The Labute approximate surface area is 130 Å². The molecule has 0 saturated heterocycles. The molecule has 124 valence electrons. The number of nitrogens with one attached hydrogen (secondary N) is 1. The minimum atomic E-state index is -0.777. The first-order chi connectivity index (χ1) is 9.89. The monoisotopic (exact) mass is 312 g/mol. The summed E-state index contributed by atoms with van der Waals surface area (Å²) in [5.74, 6) is 0.208. The predicted octanol–water partition coefficient (Wildman–Crippen LogP) is 2.60. The highest BCUT2D eigenvalue weighted by Crippen LogP contribution is 2.15. The molecule has 8 heteroatoms. The molecular formula is C14H24N4O4. The van der Waals surface area contributed by atoms with Gasteiger partial charge in [-0.2, -0.15) is 0 Å². The van der Waals surface area contributed by atoms with Gasteiger partial charge in [0.25, 0.3) is 0 Å². The van der Waals surface area contributed by atoms with Crippen LogP contribution in [0.3, 0.4) is 0 Å². The maximum absolute atomic E-state index is 12.3. The van der Waals surface area contributed by atoms with E-state index in [1.54, 1.807) is 59.4 Å². The summed E-state index contributed by atoms with van der Waals surface area (Å²) in [5, 5.41) is 0.916. The zero-order valence-electron chi connectivity index (χ0n) is 14.1. The quantitative estimate of drug-likeness (QED) is 0.806. The molecule has 1 heterocycles. The molecule has 2 amide bonds. The van der Waals surface area contributed by atoms with Crippen LogP contribution in [-0.2, 0) is 16.5 Å². The number of nitrogens with zero attached hydrogens (tertiary/aromatic N) is 3. The molecule has 1 aromatic rings. The summed E-state index contributed by atoms with van der Waals surface area (Å²) in [5.41, 5.74) is 0.952. The second-order valence-corrected chi connectivity index (χ2v) is 6.77. The van der Waals surface area contributed by atoms with Crippen LogP contribution in [0.25, 0.3) is 0 Å². The van der Waals surface area contributed by atoms with E-state index in [2.05, 4.69) is 10.4 Å². The molecule has 0 saturated carbocycles. The van der Waals surface area contributed by atoms with Gasteiger partial charge in [-0.3, -0.25) is 0 Å². The van der Waals surface area contributed by atoms with E-state index in [1.165, 1.54) is 6.20 Å². The van der Waals surface area contributed by atoms with Gasteiger partial charge < -0.3 is 14.0 Å². The van der Waals surface area contributed by atoms with Crippen molar-refractivity contribution < 1.29 is 19.1 Å². The third-order valence-corrected chi connectivity index (χ3v) is 2.17. The molecule has 0 fully saturated rings. The van der Waals surface area contributed by atoms with Crippen LogP contribution in [0.15, 0.2) is 12.4 Å². The zero-order valence-corrected chi connectivity index (χ0v) is 14.1. The van der Waals surface area contributed by atoms with Crippen LogP contribution in [0.2, 0.25) is 0 Å². The van der Waals surface area contributed by atoms with Crippen molar-refractivity contribution in [1.82, 2.24) is 15.0 Å². The van der Waals surface area contributed by atoms with Crippen molar-refractivity contribution in [2.45, 2.75) is 52.7 Å². The van der Waals surface area contributed by atoms with E-state index < -0.39 is 23.4 Å². The minimum absolute atomic E-state index is 0.208. The molecule has 0 unspecified atom stereocenters. The van der Waals surface area contributed by atoms with Gasteiger partial charge in [-0.15, -0.1) is 5.01 Å². The van der Waals surface area contributed by atoms with Gasteiger partial charge in [0, 0.05) is 19.4 Å². The number of anilines is 1. The molecule has 1 aromatic heterocycles. The van der Waals surface area contributed by atoms with Crippen LogP contribution in [0.4, 0.5) is 15.5 Å². The number of hydrogen-bond donors (Lipinski definition) is 1. The number of imidazole rings is 1. The zero-order chi connectivity index (χ0) is 17.1. The number of carbonyl (C=O) groups is 2. The number of aromatic nitrogens is 2. The third-order valence-electron chi connectivity index (χ3n) is 2.17. The number of rotatable bonds is 1. The van der Waals surface area contributed by atoms with Gasteiger partial charge in [0.1, 0.15) is 11.2 Å². The molecular weight excluding hydrogens is 288 g/mol. The standard InChI is InChI=1S/C14H24N4O4/c1-13(2,3)21-11(19)16-18(10-15-8-9-17(10)7)12(20)22-14(4,5)6/h8-9H,1-7H3,(H,16,19). The summed E-state index contributed by atoms with van der Waals surface area (Å²) < 4.78 is 12.0. The predicted molar refractivity (Wildman–Crippen MR) is 81.3 cm³/mol. The van der Waals surface area contributed by atoms with E-state index in [1.807, 2.05) is 0 Å². The van der Waals surface area contributed by atoms with E-state index >= 15 is 0 Å². The maximum atomic E-state index is 12.3. The Morgan fingerprint density at radius 2 is 1.68 bits per heavy atom. The van der Waals surface area contributed by atoms with Crippen molar-refractivity contribution >= 4 is 18.1 Å². The van der Waals surface area contributed by atoms with Crippen molar-refractivity contribution in [2.75, 3.05) is 5.01 Å². The van der Waals surface area contributed by atoms with Gasteiger partial charge >= 0.3 is 12.2 Å². The first-order valence-corrected chi connectivity index (χ1v) is 6.89. The average Bonchev–Trinajstić information content (AvgIpc) is 2.67. The molecule has 0 spiro atoms. The highest BCUT2D eigenvalue weighted by atomic mass is 16.6. The fraction of sp³-hybridized carbons (Fsp3) is 0.643. The molecule has 1 N–H and O–H groups in total. The molecule has 0 atom stereocenters. The Bertz CT molecular complexity index is 540. The maximum Gasteiger partial charge on any atom is 0.436 e. The number of ether oxygens (including phenoxy) is 2. The molecule has 1 rings (SSSR count). The molecule has 0 aromatic carbocycles. The summed E-state index contributed by atoms with van der Waals surface area (Å²) >= 11 is 0. The average molecular weight is 312 g/mol. The van der Waals surface area contributed by atoms with Crippen LogP contribution in [0, 0.1) is 0 Å². The summed E-state index contributed by atoms with van der Waals surface area (Å²) in [6, 6.07) is 0. The van der Waals surface area contributed by atoms with Crippen LogP contribution in [0.5, 0.6) is 0 Å². The van der Waals surface area contributed by atoms with Crippen molar-refractivity contribution in [3.63, 3.8) is 0 Å². The Morgan fingerprint density at radius 1 is 1.14 bits per heavy atom. The van der Waals surface area contributed by atoms with Crippen LogP contribution < -0.4 is 10.4 Å². The molecule has 8 nitrogen and oxygen atoms in total. The number of carbonyl (C=O) groups excluding carboxylic acids is 2. The third kappa shape index (κ3) is 5.63. The summed E-state index contributed by atoms with van der Waals surface area (Å²) in [6.07, 6.45) is 1.61. The fourth-order valence-corrected chi connectivity index (χ4v) is 1.45. The van der Waals surface area contributed by atoms with Gasteiger partial charge in [-0.05, 0) is 41.5 Å². The van der Waals surface area contributed by atoms with Crippen molar-refractivity contribution in [3.8, 4) is 0 Å². The van der Waals surface area contributed by atoms with Crippen LogP contribution in [-0.4, -0.2) is 32.9 Å². The Morgan fingerprint density at radius 3 is 2.09 bits per heavy atom. The molecule has 0 aliphatic carbocycles. The first kappa shape index (κ1) is 17.8. The molecule has 0 aliphatic rings. The van der Waals surface area contributed by atoms with Crippen molar-refractivity contribution in [3.05, 3.63) is 12.4 Å². The molecule has 0 radical (unpaired) electrons. The number of hydrogen-bond acceptors (Lipinski definition) is 5. The minimum Gasteiger partial charge on any atom is -0.443 e. The van der Waals surface area contributed by atoms with E-state index in [0.717, 1.165) is 5.01 Å². The normalized spacial score (nSPS) is 11.8. The van der Waals surface area contributed by atoms with E-state index in [4.69, 9.17) is 9.47 Å². The van der Waals surface area contributed by atoms with Gasteiger partial charge in [0.2, 0.25) is 5.95 Å². The summed E-state index contributed by atoms with van der Waals surface area (Å²) in [4.78, 5) is 28.3. The number of aryl methyl sites for hydroxylation is 1. The Hall–Kier alpha value is -2.25. The van der Waals surface area contributed by atoms with E-state index in [0.29, 0.717) is 0 Å². The first-order valence-electron chi connectivity index (χ1n) is 6.89. The van der Waals surface area contributed by atoms with Crippen molar-refractivity contribution in [2.24, 2.45) is 7.05 Å². The Balaban J connectivity index is 2.96. The number of amides is 2. The summed E-state index contributed by atoms with van der Waals surface area (Å²) in [6.45, 7) is 10.4. The fourth-order valence-electron chi connectivity index (χ4n) is 1.45. The van der Waals surface area contributed by atoms with E-state index in [9.17, 15) is 9.59 Å². The smallest absolute Gasteiger partial charge is 0.436 e. The topological polar surface area (TPSA) is 85.7 Å². The lowest BCUT2D eigenvalue weighted by Crippen LogP contribution is -2.51. The highest BCUT2D eigenvalue weighted by Gasteiger charge is 2.29. The van der Waals surface area contributed by atoms with Gasteiger partial charge in [0.05, 0.1) is 0 Å². The molecule has 0 aliphatic heterocycles. The van der Waals surface area contributed by atoms with Crippen LogP contribution >= 0.6 is 0 Å². The lowest BCUT2D eigenvalue weighted by Gasteiger charge is -2.28.